The van der Waals surface area contributed by atoms with Crippen LogP contribution in [0, 0.1) is 11.8 Å². The Morgan fingerprint density at radius 1 is 1.44 bits per heavy atom. The maximum absolute atomic E-state index is 10.2. The van der Waals surface area contributed by atoms with Crippen molar-refractivity contribution in [3.63, 3.8) is 0 Å². The highest BCUT2D eigenvalue weighted by molar-refractivity contribution is 5.75. The van der Waals surface area contributed by atoms with Crippen LogP contribution >= 0.6 is 0 Å². The molecule has 1 aromatic heterocycles. The Bertz CT molecular complexity index is 561. The topological polar surface area (TPSA) is 38.0 Å². The lowest BCUT2D eigenvalue weighted by atomic mass is 10.1. The SMILES string of the molecule is CCn1c(CC(O)C2CC2C)nc2ccccc21. The van der Waals surface area contributed by atoms with Gasteiger partial charge in [0.05, 0.1) is 17.1 Å². The van der Waals surface area contributed by atoms with E-state index in [1.165, 1.54) is 5.52 Å². The second-order valence-electron chi connectivity index (χ2n) is 5.41. The summed E-state index contributed by atoms with van der Waals surface area (Å²) >= 11 is 0. The summed E-state index contributed by atoms with van der Waals surface area (Å²) in [6, 6.07) is 8.19. The molecular formula is C15H20N2O. The molecule has 3 rings (SSSR count). The van der Waals surface area contributed by atoms with E-state index in [2.05, 4.69) is 29.5 Å². The van der Waals surface area contributed by atoms with Gasteiger partial charge in [0.15, 0.2) is 0 Å². The fourth-order valence-corrected chi connectivity index (χ4v) is 2.86. The summed E-state index contributed by atoms with van der Waals surface area (Å²) in [5.74, 6) is 2.18. The van der Waals surface area contributed by atoms with E-state index in [0.29, 0.717) is 18.3 Å². The van der Waals surface area contributed by atoms with Gasteiger partial charge in [-0.05, 0) is 37.3 Å². The molecule has 3 unspecified atom stereocenters. The zero-order chi connectivity index (χ0) is 12.7. The van der Waals surface area contributed by atoms with Crippen molar-refractivity contribution in [3.8, 4) is 0 Å². The number of aryl methyl sites for hydroxylation is 1. The first-order valence-corrected chi connectivity index (χ1v) is 6.83. The van der Waals surface area contributed by atoms with Crippen molar-refractivity contribution in [2.45, 2.75) is 39.3 Å². The lowest BCUT2D eigenvalue weighted by Gasteiger charge is -2.11. The Kier molecular flexibility index (Phi) is 2.86. The van der Waals surface area contributed by atoms with Crippen LogP contribution in [0.3, 0.4) is 0 Å². The highest BCUT2D eigenvalue weighted by atomic mass is 16.3. The molecule has 0 radical (unpaired) electrons. The van der Waals surface area contributed by atoms with Crippen LogP contribution in [0.25, 0.3) is 11.0 Å². The summed E-state index contributed by atoms with van der Waals surface area (Å²) in [6.45, 7) is 5.24. The van der Waals surface area contributed by atoms with Gasteiger partial charge in [0.2, 0.25) is 0 Å². The quantitative estimate of drug-likeness (QED) is 0.897. The highest BCUT2D eigenvalue weighted by Gasteiger charge is 2.39. The maximum atomic E-state index is 10.2. The molecule has 18 heavy (non-hydrogen) atoms. The molecule has 0 bridgehead atoms. The fraction of sp³-hybridized carbons (Fsp3) is 0.533. The summed E-state index contributed by atoms with van der Waals surface area (Å²) in [5.41, 5.74) is 2.21. The minimum Gasteiger partial charge on any atom is -0.392 e. The van der Waals surface area contributed by atoms with Crippen LogP contribution in [-0.4, -0.2) is 20.8 Å². The van der Waals surface area contributed by atoms with E-state index in [0.717, 1.165) is 24.3 Å². The number of benzene rings is 1. The van der Waals surface area contributed by atoms with Gasteiger partial charge in [-0.1, -0.05) is 19.1 Å². The summed E-state index contributed by atoms with van der Waals surface area (Å²) in [4.78, 5) is 4.66. The van der Waals surface area contributed by atoms with Crippen LogP contribution in [0.1, 0.15) is 26.1 Å². The van der Waals surface area contributed by atoms with Crippen LogP contribution in [0.15, 0.2) is 24.3 Å². The lowest BCUT2D eigenvalue weighted by molar-refractivity contribution is 0.143. The van der Waals surface area contributed by atoms with Crippen LogP contribution < -0.4 is 0 Å². The number of aliphatic hydroxyl groups is 1. The monoisotopic (exact) mass is 244 g/mol. The third kappa shape index (κ3) is 1.93. The first kappa shape index (κ1) is 11.7. The molecule has 96 valence electrons. The average Bonchev–Trinajstić information content (AvgIpc) is 3.00. The van der Waals surface area contributed by atoms with E-state index in [4.69, 9.17) is 0 Å². The number of aliphatic hydroxyl groups excluding tert-OH is 1. The standard InChI is InChI=1S/C15H20N2O/c1-3-17-13-7-5-4-6-12(13)16-15(17)9-14(18)11-8-10(11)2/h4-7,10-11,14,18H,3,8-9H2,1-2H3. The highest BCUT2D eigenvalue weighted by Crippen LogP contribution is 2.41. The summed E-state index contributed by atoms with van der Waals surface area (Å²) in [6.07, 6.45) is 1.60. The number of fused-ring (bicyclic) bond motifs is 1. The Hall–Kier alpha value is -1.35. The van der Waals surface area contributed by atoms with Gasteiger partial charge in [-0.3, -0.25) is 0 Å². The first-order chi connectivity index (χ1) is 8.70. The van der Waals surface area contributed by atoms with Crippen molar-refractivity contribution in [2.75, 3.05) is 0 Å². The van der Waals surface area contributed by atoms with Crippen LogP contribution in [0.2, 0.25) is 0 Å². The van der Waals surface area contributed by atoms with E-state index < -0.39 is 0 Å². The Labute approximate surface area is 107 Å². The Morgan fingerprint density at radius 3 is 2.83 bits per heavy atom. The molecule has 2 aromatic rings. The number of para-hydroxylation sites is 2. The summed E-state index contributed by atoms with van der Waals surface area (Å²) in [7, 11) is 0. The molecule has 3 heteroatoms. The number of imidazole rings is 1. The molecule has 3 nitrogen and oxygen atoms in total. The van der Waals surface area contributed by atoms with E-state index in [9.17, 15) is 5.11 Å². The molecule has 1 heterocycles. The summed E-state index contributed by atoms with van der Waals surface area (Å²) < 4.78 is 2.21. The Balaban J connectivity index is 1.91. The number of rotatable bonds is 4. The molecule has 0 saturated heterocycles. The smallest absolute Gasteiger partial charge is 0.112 e. The molecule has 1 saturated carbocycles. The normalized spacial score (nSPS) is 24.4. The van der Waals surface area contributed by atoms with Crippen LogP contribution in [-0.2, 0) is 13.0 Å². The second-order valence-corrected chi connectivity index (χ2v) is 5.41. The van der Waals surface area contributed by atoms with Gasteiger partial charge in [0.25, 0.3) is 0 Å². The molecule has 3 atom stereocenters. The zero-order valence-electron chi connectivity index (χ0n) is 11.0. The minimum absolute atomic E-state index is 0.234. The molecule has 1 aliphatic carbocycles. The molecule has 1 aromatic carbocycles. The molecule has 1 fully saturated rings. The van der Waals surface area contributed by atoms with Gasteiger partial charge >= 0.3 is 0 Å². The Morgan fingerprint density at radius 2 is 2.17 bits per heavy atom. The molecule has 0 aliphatic heterocycles. The minimum atomic E-state index is -0.234. The predicted molar refractivity (Wildman–Crippen MR) is 72.4 cm³/mol. The fourth-order valence-electron chi connectivity index (χ4n) is 2.86. The van der Waals surface area contributed by atoms with Gasteiger partial charge in [0.1, 0.15) is 5.82 Å². The van der Waals surface area contributed by atoms with Gasteiger partial charge in [-0.25, -0.2) is 4.98 Å². The van der Waals surface area contributed by atoms with Crippen molar-refractivity contribution >= 4 is 11.0 Å². The molecular weight excluding hydrogens is 224 g/mol. The van der Waals surface area contributed by atoms with Crippen molar-refractivity contribution in [1.82, 2.24) is 9.55 Å². The van der Waals surface area contributed by atoms with Crippen LogP contribution in [0.5, 0.6) is 0 Å². The van der Waals surface area contributed by atoms with E-state index in [1.807, 2.05) is 18.2 Å². The van der Waals surface area contributed by atoms with Crippen molar-refractivity contribution in [1.29, 1.82) is 0 Å². The van der Waals surface area contributed by atoms with E-state index in [-0.39, 0.29) is 6.10 Å². The van der Waals surface area contributed by atoms with Gasteiger partial charge < -0.3 is 9.67 Å². The largest absolute Gasteiger partial charge is 0.392 e. The van der Waals surface area contributed by atoms with Gasteiger partial charge in [-0.2, -0.15) is 0 Å². The van der Waals surface area contributed by atoms with E-state index >= 15 is 0 Å². The molecule has 1 aliphatic rings. The van der Waals surface area contributed by atoms with Gasteiger partial charge in [-0.15, -0.1) is 0 Å². The van der Waals surface area contributed by atoms with Crippen molar-refractivity contribution < 1.29 is 5.11 Å². The second kappa shape index (κ2) is 4.39. The molecule has 0 spiro atoms. The van der Waals surface area contributed by atoms with Crippen LogP contribution in [0.4, 0.5) is 0 Å². The zero-order valence-corrected chi connectivity index (χ0v) is 11.0. The van der Waals surface area contributed by atoms with Crippen molar-refractivity contribution in [3.05, 3.63) is 30.1 Å². The third-order valence-corrected chi connectivity index (χ3v) is 4.11. The van der Waals surface area contributed by atoms with E-state index in [1.54, 1.807) is 0 Å². The predicted octanol–water partition coefficient (Wildman–Crippen LogP) is 2.62. The third-order valence-electron chi connectivity index (χ3n) is 4.11. The lowest BCUT2D eigenvalue weighted by Crippen LogP contribution is -2.17. The number of hydrogen-bond donors (Lipinski definition) is 1. The number of hydrogen-bond acceptors (Lipinski definition) is 2. The first-order valence-electron chi connectivity index (χ1n) is 6.83. The number of aromatic nitrogens is 2. The maximum Gasteiger partial charge on any atom is 0.112 e. The number of nitrogens with zero attached hydrogens (tertiary/aromatic N) is 2. The van der Waals surface area contributed by atoms with Gasteiger partial charge in [0, 0.05) is 13.0 Å². The summed E-state index contributed by atoms with van der Waals surface area (Å²) in [5, 5.41) is 10.2. The average molecular weight is 244 g/mol. The van der Waals surface area contributed by atoms with Crippen molar-refractivity contribution in [2.24, 2.45) is 11.8 Å². The molecule has 0 amide bonds. The molecule has 1 N–H and O–H groups in total.